The van der Waals surface area contributed by atoms with Crippen LogP contribution in [0.4, 0.5) is 0 Å². The molecule has 0 fully saturated rings. The zero-order valence-electron chi connectivity index (χ0n) is 29.9. The van der Waals surface area contributed by atoms with E-state index in [4.69, 9.17) is 0 Å². The van der Waals surface area contributed by atoms with Crippen LogP contribution in [0.2, 0.25) is 13.1 Å². The van der Waals surface area contributed by atoms with Gasteiger partial charge in [0, 0.05) is 35.4 Å². The third-order valence-corrected chi connectivity index (χ3v) is 9.39. The molecule has 0 aliphatic heterocycles. The molecule has 0 bridgehead atoms. The van der Waals surface area contributed by atoms with Crippen molar-refractivity contribution < 1.29 is 25.8 Å². The number of hydrogen-bond donors (Lipinski definition) is 0. The summed E-state index contributed by atoms with van der Waals surface area (Å²) in [6.45, 7) is 22.1. The number of rotatable bonds is 6. The Morgan fingerprint density at radius 1 is 0.500 bits per heavy atom. The molecule has 46 heavy (non-hydrogen) atoms. The van der Waals surface area contributed by atoms with Gasteiger partial charge in [0.25, 0.3) is 0 Å². The van der Waals surface area contributed by atoms with Crippen molar-refractivity contribution >= 4 is 31.1 Å². The minimum atomic E-state index is 0. The van der Waals surface area contributed by atoms with Crippen LogP contribution in [0.15, 0.2) is 84.9 Å². The van der Waals surface area contributed by atoms with Gasteiger partial charge >= 0.3 is 0 Å². The molecular formula is C44H52HfSi-2. The van der Waals surface area contributed by atoms with E-state index < -0.39 is 0 Å². The fraction of sp³-hybridized carbons (Fsp3) is 0.318. The number of hydrogen-bond acceptors (Lipinski definition) is 0. The molecule has 0 atom stereocenters. The van der Waals surface area contributed by atoms with E-state index in [1.54, 1.807) is 0 Å². The Kier molecular flexibility index (Phi) is 14.2. The molecule has 6 rings (SSSR count). The van der Waals surface area contributed by atoms with Crippen molar-refractivity contribution in [3.63, 3.8) is 0 Å². The Balaban J connectivity index is 0.000000226. The molecule has 0 aliphatic rings. The second-order valence-electron chi connectivity index (χ2n) is 12.7. The predicted octanol–water partition coefficient (Wildman–Crippen LogP) is 13.0. The minimum absolute atomic E-state index is 0. The molecule has 0 spiro atoms. The fourth-order valence-corrected chi connectivity index (χ4v) is 6.43. The van der Waals surface area contributed by atoms with Gasteiger partial charge in [-0.3, -0.25) is 0 Å². The molecule has 0 aliphatic carbocycles. The molecule has 0 N–H and O–H groups in total. The Labute approximate surface area is 301 Å². The first-order valence-corrected chi connectivity index (χ1v) is 18.7. The van der Waals surface area contributed by atoms with Crippen molar-refractivity contribution in [2.75, 3.05) is 0 Å². The topological polar surface area (TPSA) is 0 Å². The second-order valence-corrected chi connectivity index (χ2v) is 13.7. The third-order valence-electron chi connectivity index (χ3n) is 9.39. The van der Waals surface area contributed by atoms with Gasteiger partial charge in [0.15, 0.2) is 0 Å². The van der Waals surface area contributed by atoms with Crippen molar-refractivity contribution in [3.8, 4) is 22.3 Å². The zero-order chi connectivity index (χ0) is 32.7. The Hall–Kier alpha value is -2.81. The molecule has 0 saturated heterocycles. The van der Waals surface area contributed by atoms with Crippen LogP contribution in [0.5, 0.6) is 0 Å². The van der Waals surface area contributed by atoms with Crippen LogP contribution in [-0.4, -0.2) is 9.52 Å². The maximum Gasteiger partial charge on any atom is 0.0307 e. The molecule has 0 heterocycles. The Morgan fingerprint density at radius 3 is 1.22 bits per heavy atom. The van der Waals surface area contributed by atoms with Gasteiger partial charge in [0.1, 0.15) is 0 Å². The van der Waals surface area contributed by atoms with Crippen molar-refractivity contribution in [1.29, 1.82) is 0 Å². The van der Waals surface area contributed by atoms with Crippen LogP contribution in [-0.2, 0) is 38.7 Å². The summed E-state index contributed by atoms with van der Waals surface area (Å²) in [6, 6.07) is 31.8. The van der Waals surface area contributed by atoms with Crippen molar-refractivity contribution in [2.24, 2.45) is 0 Å². The number of benzene rings is 4. The van der Waals surface area contributed by atoms with Crippen molar-refractivity contribution in [3.05, 3.63) is 129 Å². The fourth-order valence-electron chi connectivity index (χ4n) is 6.43. The summed E-state index contributed by atoms with van der Waals surface area (Å²) in [5, 5.41) is 5.53. The third kappa shape index (κ3) is 8.36. The van der Waals surface area contributed by atoms with Crippen LogP contribution in [0.3, 0.4) is 0 Å². The molecule has 6 aromatic carbocycles. The zero-order valence-corrected chi connectivity index (χ0v) is 34.5. The molecule has 0 saturated carbocycles. The molecule has 2 heteroatoms. The molecule has 238 valence electrons. The second kappa shape index (κ2) is 17.4. The summed E-state index contributed by atoms with van der Waals surface area (Å²) in [7, 11) is 1.08. The van der Waals surface area contributed by atoms with Gasteiger partial charge in [-0.25, -0.2) is 0 Å². The van der Waals surface area contributed by atoms with Gasteiger partial charge in [-0.05, 0) is 98.9 Å². The molecule has 0 aromatic heterocycles. The van der Waals surface area contributed by atoms with Crippen LogP contribution >= 0.6 is 0 Å². The van der Waals surface area contributed by atoms with E-state index in [0.29, 0.717) is 0 Å². The van der Waals surface area contributed by atoms with E-state index in [1.807, 2.05) is 0 Å². The minimum Gasteiger partial charge on any atom is -0.164 e. The first kappa shape index (κ1) is 37.6. The Bertz CT molecular complexity index is 1740. The summed E-state index contributed by atoms with van der Waals surface area (Å²) in [5.41, 5.74) is 16.8. The quantitative estimate of drug-likeness (QED) is 0.117. The molecule has 0 unspecified atom stereocenters. The maximum atomic E-state index is 2.38. The normalized spacial score (nSPS) is 10.7. The molecule has 2 radical (unpaired) electrons. The largest absolute Gasteiger partial charge is 0.164 e. The van der Waals surface area contributed by atoms with E-state index in [0.717, 1.165) is 9.52 Å². The smallest absolute Gasteiger partial charge is 0.0307 e. The van der Waals surface area contributed by atoms with E-state index in [1.165, 1.54) is 114 Å². The van der Waals surface area contributed by atoms with Gasteiger partial charge in [0.05, 0.1) is 0 Å². The van der Waals surface area contributed by atoms with Gasteiger partial charge in [-0.1, -0.05) is 87.3 Å². The molecular weight excluding hydrogens is 735 g/mol. The van der Waals surface area contributed by atoms with Gasteiger partial charge < -0.3 is 0 Å². The first-order chi connectivity index (χ1) is 21.6. The first-order valence-electron chi connectivity index (χ1n) is 16.7. The van der Waals surface area contributed by atoms with Crippen LogP contribution in [0, 0.1) is 41.5 Å². The summed E-state index contributed by atoms with van der Waals surface area (Å²) >= 11 is 0. The van der Waals surface area contributed by atoms with E-state index in [9.17, 15) is 0 Å². The molecule has 0 amide bonds. The van der Waals surface area contributed by atoms with Crippen LogP contribution < -0.4 is 0 Å². The summed E-state index contributed by atoms with van der Waals surface area (Å²) in [6.07, 6.45) is 4.74. The number of aryl methyl sites for hydroxylation is 4. The average molecular weight is 787 g/mol. The van der Waals surface area contributed by atoms with Gasteiger partial charge in [0.2, 0.25) is 0 Å². The summed E-state index contributed by atoms with van der Waals surface area (Å²) < 4.78 is 0. The van der Waals surface area contributed by atoms with Crippen LogP contribution in [0.25, 0.3) is 43.8 Å². The summed E-state index contributed by atoms with van der Waals surface area (Å²) in [5.74, 6) is 0. The van der Waals surface area contributed by atoms with E-state index in [2.05, 4.69) is 153 Å². The summed E-state index contributed by atoms with van der Waals surface area (Å²) in [4.78, 5) is 0. The maximum absolute atomic E-state index is 2.38. The van der Waals surface area contributed by atoms with Crippen molar-refractivity contribution in [2.45, 2.75) is 94.2 Å². The van der Waals surface area contributed by atoms with E-state index in [-0.39, 0.29) is 25.8 Å². The molecule has 0 nitrogen and oxygen atoms in total. The van der Waals surface area contributed by atoms with Gasteiger partial charge in [-0.15, -0.1) is 69.1 Å². The van der Waals surface area contributed by atoms with Crippen molar-refractivity contribution in [1.82, 2.24) is 0 Å². The standard InChI is InChI=1S/2C21H23.C2H6Si.Hf/c2*1-5-7-17-12-18-8-6-9-20(21(18)13-17)19-11-10-14(2)15(3)16(19)4;1-3-2;/h2*6,8-13H,5,7H2,1-4H3;1-2H3;/q2*-1;;. The number of fused-ring (bicyclic) bond motifs is 2. The van der Waals surface area contributed by atoms with Gasteiger partial charge in [-0.2, -0.15) is 12.1 Å². The monoisotopic (exact) mass is 788 g/mol. The SMILES string of the molecule is CCCc1cc2c(-c3ccc(C)c(C)c3C)cccc2[cH-]1.CCCc1cc2c(-c3ccc(C)c(C)c3C)cccc2[cH-]1.C[Si]C.[Hf]. The average Bonchev–Trinajstić information content (AvgIpc) is 3.64. The molecule has 6 aromatic rings. The predicted molar refractivity (Wildman–Crippen MR) is 204 cm³/mol. The van der Waals surface area contributed by atoms with Crippen LogP contribution in [0.1, 0.15) is 71.2 Å². The van der Waals surface area contributed by atoms with E-state index >= 15 is 0 Å². The Morgan fingerprint density at radius 2 is 0.870 bits per heavy atom.